The molecule has 0 fully saturated rings. The number of aryl methyl sites for hydroxylation is 3. The summed E-state index contributed by atoms with van der Waals surface area (Å²) >= 11 is 0. The van der Waals surface area contributed by atoms with Crippen LogP contribution in [-0.2, 0) is 26.6 Å². The normalized spacial score (nSPS) is 17.3. The summed E-state index contributed by atoms with van der Waals surface area (Å²) in [5, 5.41) is 0. The van der Waals surface area contributed by atoms with Gasteiger partial charge in [-0.25, -0.2) is 15.0 Å². The van der Waals surface area contributed by atoms with Crippen LogP contribution in [0.5, 0.6) is 6.01 Å². The third kappa shape index (κ3) is 3.48. The van der Waals surface area contributed by atoms with Crippen LogP contribution in [-0.4, -0.2) is 37.1 Å². The summed E-state index contributed by atoms with van der Waals surface area (Å²) in [5.74, 6) is 1.88. The van der Waals surface area contributed by atoms with Gasteiger partial charge in [0.25, 0.3) is 0 Å². The SMILES string of the molecule is Cc1ccnc(OC[C@@H]2Cc3c(ncn3C)CN2Cc2ccc(C)o2)n1. The van der Waals surface area contributed by atoms with Crippen molar-refractivity contribution in [1.29, 1.82) is 0 Å². The molecule has 7 heteroatoms. The van der Waals surface area contributed by atoms with Gasteiger partial charge in [-0.2, -0.15) is 0 Å². The quantitative estimate of drug-likeness (QED) is 0.702. The van der Waals surface area contributed by atoms with Crippen molar-refractivity contribution in [3.05, 3.63) is 59.3 Å². The number of aromatic nitrogens is 4. The van der Waals surface area contributed by atoms with Crippen molar-refractivity contribution in [2.75, 3.05) is 6.61 Å². The molecule has 7 nitrogen and oxygen atoms in total. The first-order valence-corrected chi connectivity index (χ1v) is 8.79. The Morgan fingerprint density at radius 1 is 1.23 bits per heavy atom. The lowest BCUT2D eigenvalue weighted by atomic mass is 10.0. The van der Waals surface area contributed by atoms with Gasteiger partial charge < -0.3 is 13.7 Å². The van der Waals surface area contributed by atoms with Gasteiger partial charge >= 0.3 is 6.01 Å². The molecular weight excluding hydrogens is 330 g/mol. The van der Waals surface area contributed by atoms with Gasteiger partial charge in [0.15, 0.2) is 0 Å². The molecule has 0 radical (unpaired) electrons. The standard InChI is InChI=1S/C19H23N5O2/c1-13-6-7-20-19(22-13)25-11-15-8-18-17(21-12-23(18)3)10-24(15)9-16-5-4-14(2)26-16/h4-7,12,15H,8-11H2,1-3H3/t15-/m0/s1. The summed E-state index contributed by atoms with van der Waals surface area (Å²) in [6, 6.07) is 6.52. The van der Waals surface area contributed by atoms with Crippen molar-refractivity contribution in [2.24, 2.45) is 7.05 Å². The van der Waals surface area contributed by atoms with Crippen LogP contribution in [0.1, 0.15) is 28.6 Å². The van der Waals surface area contributed by atoms with Crippen molar-refractivity contribution in [3.8, 4) is 6.01 Å². The molecule has 0 aromatic carbocycles. The minimum absolute atomic E-state index is 0.201. The molecule has 0 aliphatic carbocycles. The topological polar surface area (TPSA) is 69.2 Å². The Labute approximate surface area is 152 Å². The van der Waals surface area contributed by atoms with Crippen LogP contribution in [0.4, 0.5) is 0 Å². The third-order valence-corrected chi connectivity index (χ3v) is 4.78. The number of imidazole rings is 1. The number of fused-ring (bicyclic) bond motifs is 1. The van der Waals surface area contributed by atoms with Crippen LogP contribution >= 0.6 is 0 Å². The second-order valence-electron chi connectivity index (χ2n) is 6.82. The Morgan fingerprint density at radius 3 is 2.88 bits per heavy atom. The maximum Gasteiger partial charge on any atom is 0.316 e. The lowest BCUT2D eigenvalue weighted by Gasteiger charge is -2.34. The van der Waals surface area contributed by atoms with E-state index in [1.807, 2.05) is 45.4 Å². The molecule has 3 aromatic heterocycles. The zero-order valence-corrected chi connectivity index (χ0v) is 15.3. The summed E-state index contributed by atoms with van der Waals surface area (Å²) in [6.07, 6.45) is 4.48. The number of nitrogens with zero attached hydrogens (tertiary/aromatic N) is 5. The molecule has 0 bridgehead atoms. The zero-order chi connectivity index (χ0) is 18.1. The molecule has 0 spiro atoms. The number of furan rings is 1. The van der Waals surface area contributed by atoms with Crippen LogP contribution in [0.25, 0.3) is 0 Å². The molecule has 0 saturated carbocycles. The van der Waals surface area contributed by atoms with Crippen LogP contribution in [0, 0.1) is 13.8 Å². The molecule has 0 N–H and O–H groups in total. The number of ether oxygens (including phenoxy) is 1. The smallest absolute Gasteiger partial charge is 0.316 e. The largest absolute Gasteiger partial charge is 0.465 e. The molecule has 26 heavy (non-hydrogen) atoms. The van der Waals surface area contributed by atoms with Gasteiger partial charge in [-0.05, 0) is 32.0 Å². The first kappa shape index (κ1) is 16.8. The molecule has 0 saturated heterocycles. The molecule has 1 atom stereocenters. The first-order chi connectivity index (χ1) is 12.6. The highest BCUT2D eigenvalue weighted by atomic mass is 16.5. The molecule has 0 amide bonds. The molecule has 4 rings (SSSR count). The van der Waals surface area contributed by atoms with Crippen LogP contribution in [0.2, 0.25) is 0 Å². The summed E-state index contributed by atoms with van der Waals surface area (Å²) < 4.78 is 13.8. The van der Waals surface area contributed by atoms with Gasteiger partial charge in [-0.3, -0.25) is 4.90 Å². The Hall–Kier alpha value is -2.67. The fourth-order valence-corrected chi connectivity index (χ4v) is 3.36. The molecule has 136 valence electrons. The number of hydrogen-bond donors (Lipinski definition) is 0. The average molecular weight is 353 g/mol. The third-order valence-electron chi connectivity index (χ3n) is 4.78. The lowest BCUT2D eigenvalue weighted by molar-refractivity contribution is 0.0951. The summed E-state index contributed by atoms with van der Waals surface area (Å²) in [6.45, 7) is 5.92. The van der Waals surface area contributed by atoms with Crippen molar-refractivity contribution in [3.63, 3.8) is 0 Å². The summed E-state index contributed by atoms with van der Waals surface area (Å²) in [5.41, 5.74) is 3.28. The Balaban J connectivity index is 1.52. The van der Waals surface area contributed by atoms with Crippen LogP contribution < -0.4 is 4.74 Å². The predicted molar refractivity (Wildman–Crippen MR) is 95.7 cm³/mol. The average Bonchev–Trinajstić information content (AvgIpc) is 3.19. The molecule has 4 heterocycles. The van der Waals surface area contributed by atoms with Crippen molar-refractivity contribution >= 4 is 0 Å². The Kier molecular flexibility index (Phi) is 4.46. The van der Waals surface area contributed by atoms with E-state index >= 15 is 0 Å². The van der Waals surface area contributed by atoms with Gasteiger partial charge in [-0.1, -0.05) is 0 Å². The molecule has 1 aliphatic rings. The van der Waals surface area contributed by atoms with E-state index in [4.69, 9.17) is 9.15 Å². The minimum Gasteiger partial charge on any atom is -0.465 e. The maximum atomic E-state index is 5.91. The second-order valence-corrected chi connectivity index (χ2v) is 6.82. The number of hydrogen-bond acceptors (Lipinski definition) is 6. The van der Waals surface area contributed by atoms with Gasteiger partial charge in [0.2, 0.25) is 0 Å². The van der Waals surface area contributed by atoms with Gasteiger partial charge in [0, 0.05) is 37.6 Å². The molecule has 3 aromatic rings. The van der Waals surface area contributed by atoms with Gasteiger partial charge in [-0.15, -0.1) is 0 Å². The van der Waals surface area contributed by atoms with Crippen LogP contribution in [0.15, 0.2) is 35.1 Å². The monoisotopic (exact) mass is 353 g/mol. The van der Waals surface area contributed by atoms with E-state index in [1.54, 1.807) is 6.20 Å². The second kappa shape index (κ2) is 6.92. The van der Waals surface area contributed by atoms with E-state index < -0.39 is 0 Å². The fraction of sp³-hybridized carbons (Fsp3) is 0.421. The molecule has 1 aliphatic heterocycles. The first-order valence-electron chi connectivity index (χ1n) is 8.79. The summed E-state index contributed by atoms with van der Waals surface area (Å²) in [4.78, 5) is 15.4. The Bertz CT molecular complexity index is 901. The molecular formula is C19H23N5O2. The fourth-order valence-electron chi connectivity index (χ4n) is 3.36. The highest BCUT2D eigenvalue weighted by Crippen LogP contribution is 2.25. The van der Waals surface area contributed by atoms with Crippen molar-refractivity contribution in [2.45, 2.75) is 39.4 Å². The van der Waals surface area contributed by atoms with E-state index in [0.717, 1.165) is 42.4 Å². The zero-order valence-electron chi connectivity index (χ0n) is 15.3. The van der Waals surface area contributed by atoms with E-state index in [0.29, 0.717) is 12.6 Å². The maximum absolute atomic E-state index is 5.91. The van der Waals surface area contributed by atoms with Crippen LogP contribution in [0.3, 0.4) is 0 Å². The highest BCUT2D eigenvalue weighted by molar-refractivity contribution is 5.19. The van der Waals surface area contributed by atoms with Gasteiger partial charge in [0.1, 0.15) is 18.1 Å². The predicted octanol–water partition coefficient (Wildman–Crippen LogP) is 2.43. The summed E-state index contributed by atoms with van der Waals surface area (Å²) in [7, 11) is 2.04. The minimum atomic E-state index is 0.201. The molecule has 0 unspecified atom stereocenters. The van der Waals surface area contributed by atoms with Gasteiger partial charge in [0.05, 0.1) is 24.6 Å². The van der Waals surface area contributed by atoms with E-state index in [-0.39, 0.29) is 6.04 Å². The highest BCUT2D eigenvalue weighted by Gasteiger charge is 2.30. The van der Waals surface area contributed by atoms with E-state index in [2.05, 4.69) is 24.4 Å². The number of rotatable bonds is 5. The van der Waals surface area contributed by atoms with E-state index in [1.165, 1.54) is 5.69 Å². The lowest BCUT2D eigenvalue weighted by Crippen LogP contribution is -2.44. The van der Waals surface area contributed by atoms with Crippen molar-refractivity contribution < 1.29 is 9.15 Å². The van der Waals surface area contributed by atoms with E-state index in [9.17, 15) is 0 Å². The van der Waals surface area contributed by atoms with Crippen molar-refractivity contribution in [1.82, 2.24) is 24.4 Å². The Morgan fingerprint density at radius 2 is 2.12 bits per heavy atom.